The lowest BCUT2D eigenvalue weighted by Crippen LogP contribution is -2.28. The molecule has 5 rings (SSSR count). The lowest BCUT2D eigenvalue weighted by molar-refractivity contribution is -0.141. The predicted molar refractivity (Wildman–Crippen MR) is 105 cm³/mol. The van der Waals surface area contributed by atoms with E-state index < -0.39 is 17.8 Å². The number of hydrogen-bond acceptors (Lipinski definition) is 4. The van der Waals surface area contributed by atoms with Crippen LogP contribution in [0, 0.1) is 0 Å². The first-order valence-corrected chi connectivity index (χ1v) is 10.3. The zero-order valence-electron chi connectivity index (χ0n) is 16.9. The van der Waals surface area contributed by atoms with E-state index in [-0.39, 0.29) is 11.7 Å². The second-order valence-corrected chi connectivity index (χ2v) is 8.14. The average molecular weight is 430 g/mol. The summed E-state index contributed by atoms with van der Waals surface area (Å²) in [7, 11) is 1.32. The molecule has 3 aromatic rings. The van der Waals surface area contributed by atoms with Crippen LogP contribution in [0.4, 0.5) is 13.2 Å². The fourth-order valence-electron chi connectivity index (χ4n) is 4.18. The number of carbonyl (C=O) groups is 1. The molecule has 0 saturated heterocycles. The molecule has 162 valence electrons. The second kappa shape index (κ2) is 7.21. The Morgan fingerprint density at radius 3 is 2.68 bits per heavy atom. The van der Waals surface area contributed by atoms with Gasteiger partial charge in [-0.25, -0.2) is 4.68 Å². The van der Waals surface area contributed by atoms with Gasteiger partial charge in [0.05, 0.1) is 17.4 Å². The molecule has 7 nitrogen and oxygen atoms in total. The Bertz CT molecular complexity index is 1140. The molecule has 1 atom stereocenters. The largest absolute Gasteiger partial charge is 0.435 e. The predicted octanol–water partition coefficient (Wildman–Crippen LogP) is 3.70. The van der Waals surface area contributed by atoms with Crippen LogP contribution in [0.3, 0.4) is 0 Å². The third kappa shape index (κ3) is 3.60. The van der Waals surface area contributed by atoms with Gasteiger partial charge in [0.15, 0.2) is 5.69 Å². The van der Waals surface area contributed by atoms with E-state index in [4.69, 9.17) is 0 Å². The summed E-state index contributed by atoms with van der Waals surface area (Å²) < 4.78 is 41.4. The highest BCUT2D eigenvalue weighted by Gasteiger charge is 2.36. The standard InChI is InChI=1S/C21H21F3N6O/c1-29-18(10-19(28-29)21(22,23)24)20(31)26-15-5-6-16-14(15)11-30(27-16)13-7-8-25-17(9-13)12-3-2-4-12/h7-12,15H,2-6H2,1H3,(H,26,31). The number of aromatic nitrogens is 5. The topological polar surface area (TPSA) is 77.6 Å². The van der Waals surface area contributed by atoms with E-state index >= 15 is 0 Å². The molecule has 0 aromatic carbocycles. The van der Waals surface area contributed by atoms with Gasteiger partial charge in [-0.3, -0.25) is 14.5 Å². The van der Waals surface area contributed by atoms with E-state index in [0.29, 0.717) is 18.8 Å². The highest BCUT2D eigenvalue weighted by atomic mass is 19.4. The minimum atomic E-state index is -4.60. The molecule has 1 unspecified atom stereocenters. The summed E-state index contributed by atoms with van der Waals surface area (Å²) in [6.07, 6.45) is 3.96. The summed E-state index contributed by atoms with van der Waals surface area (Å²) in [5.41, 5.74) is 2.54. The van der Waals surface area contributed by atoms with Crippen molar-refractivity contribution in [1.82, 2.24) is 29.9 Å². The Morgan fingerprint density at radius 2 is 2.00 bits per heavy atom. The molecule has 2 aliphatic carbocycles. The van der Waals surface area contributed by atoms with Crippen molar-refractivity contribution in [3.05, 3.63) is 58.9 Å². The van der Waals surface area contributed by atoms with Crippen LogP contribution >= 0.6 is 0 Å². The zero-order valence-corrected chi connectivity index (χ0v) is 16.9. The minimum absolute atomic E-state index is 0.132. The van der Waals surface area contributed by atoms with Crippen LogP contribution in [-0.2, 0) is 19.6 Å². The lowest BCUT2D eigenvalue weighted by Gasteiger charge is -2.24. The molecule has 1 saturated carbocycles. The van der Waals surface area contributed by atoms with Crippen molar-refractivity contribution in [2.24, 2.45) is 7.05 Å². The molecule has 0 bridgehead atoms. The summed E-state index contributed by atoms with van der Waals surface area (Å²) >= 11 is 0. The Labute approximate surface area is 176 Å². The van der Waals surface area contributed by atoms with Gasteiger partial charge in [-0.15, -0.1) is 0 Å². The van der Waals surface area contributed by atoms with Crippen LogP contribution < -0.4 is 5.32 Å². The Balaban J connectivity index is 1.35. The first-order chi connectivity index (χ1) is 14.8. The molecule has 0 aliphatic heterocycles. The average Bonchev–Trinajstić information content (AvgIpc) is 3.35. The van der Waals surface area contributed by atoms with E-state index in [2.05, 4.69) is 20.5 Å². The van der Waals surface area contributed by atoms with Crippen molar-refractivity contribution in [3.8, 4) is 5.69 Å². The quantitative estimate of drug-likeness (QED) is 0.685. The van der Waals surface area contributed by atoms with Gasteiger partial charge in [0.2, 0.25) is 0 Å². The molecular weight excluding hydrogens is 409 g/mol. The van der Waals surface area contributed by atoms with E-state index in [1.165, 1.54) is 13.5 Å². The number of carbonyl (C=O) groups excluding carboxylic acids is 1. The number of hydrogen-bond donors (Lipinski definition) is 1. The highest BCUT2D eigenvalue weighted by molar-refractivity contribution is 5.93. The normalized spacial score (nSPS) is 18.6. The van der Waals surface area contributed by atoms with Gasteiger partial charge in [0, 0.05) is 42.7 Å². The number of rotatable bonds is 4. The van der Waals surface area contributed by atoms with Crippen molar-refractivity contribution in [3.63, 3.8) is 0 Å². The summed E-state index contributed by atoms with van der Waals surface area (Å²) in [5.74, 6) is -0.0813. The fraction of sp³-hybridized carbons (Fsp3) is 0.429. The Hall–Kier alpha value is -3.17. The molecule has 1 fully saturated rings. The number of aryl methyl sites for hydroxylation is 2. The van der Waals surface area contributed by atoms with Crippen LogP contribution in [-0.4, -0.2) is 30.5 Å². The summed E-state index contributed by atoms with van der Waals surface area (Å²) in [5, 5.41) is 10.9. The SMILES string of the molecule is Cn1nc(C(F)(F)F)cc1C(=O)NC1CCc2nn(-c3ccnc(C4CCC4)c3)cc21. The van der Waals surface area contributed by atoms with Gasteiger partial charge < -0.3 is 5.32 Å². The van der Waals surface area contributed by atoms with Crippen LogP contribution in [0.1, 0.15) is 70.8 Å². The molecule has 1 N–H and O–H groups in total. The van der Waals surface area contributed by atoms with Gasteiger partial charge in [0.25, 0.3) is 5.91 Å². The summed E-state index contributed by atoms with van der Waals surface area (Å²) in [4.78, 5) is 17.1. The van der Waals surface area contributed by atoms with Gasteiger partial charge >= 0.3 is 6.18 Å². The van der Waals surface area contributed by atoms with Crippen molar-refractivity contribution < 1.29 is 18.0 Å². The molecule has 0 spiro atoms. The van der Waals surface area contributed by atoms with Gasteiger partial charge in [-0.05, 0) is 37.8 Å². The van der Waals surface area contributed by atoms with Gasteiger partial charge in [-0.2, -0.15) is 23.4 Å². The van der Waals surface area contributed by atoms with Crippen molar-refractivity contribution in [1.29, 1.82) is 0 Å². The lowest BCUT2D eigenvalue weighted by atomic mass is 9.82. The van der Waals surface area contributed by atoms with E-state index in [1.807, 2.05) is 18.3 Å². The first-order valence-electron chi connectivity index (χ1n) is 10.3. The molecule has 10 heteroatoms. The molecular formula is C21H21F3N6O. The number of pyridine rings is 1. The minimum Gasteiger partial charge on any atom is -0.344 e. The third-order valence-corrected chi connectivity index (χ3v) is 6.13. The van der Waals surface area contributed by atoms with Gasteiger partial charge in [-0.1, -0.05) is 6.42 Å². The van der Waals surface area contributed by atoms with Crippen LogP contribution in [0.2, 0.25) is 0 Å². The second-order valence-electron chi connectivity index (χ2n) is 8.14. The zero-order chi connectivity index (χ0) is 21.8. The molecule has 1 amide bonds. The Kier molecular flexibility index (Phi) is 4.60. The number of nitrogens with one attached hydrogen (secondary N) is 1. The maximum atomic E-state index is 12.9. The van der Waals surface area contributed by atoms with Crippen molar-refractivity contribution in [2.45, 2.75) is 50.2 Å². The fourth-order valence-corrected chi connectivity index (χ4v) is 4.18. The maximum absolute atomic E-state index is 12.9. The van der Waals surface area contributed by atoms with E-state index in [1.54, 1.807) is 10.9 Å². The molecule has 2 aliphatic rings. The molecule has 0 radical (unpaired) electrons. The van der Waals surface area contributed by atoms with Crippen molar-refractivity contribution in [2.75, 3.05) is 0 Å². The smallest absolute Gasteiger partial charge is 0.344 e. The monoisotopic (exact) mass is 430 g/mol. The third-order valence-electron chi connectivity index (χ3n) is 6.13. The van der Waals surface area contributed by atoms with Crippen molar-refractivity contribution >= 4 is 5.91 Å². The number of amides is 1. The summed E-state index contributed by atoms with van der Waals surface area (Å²) in [6, 6.07) is 4.40. The molecule has 3 aromatic heterocycles. The van der Waals surface area contributed by atoms with Crippen LogP contribution in [0.25, 0.3) is 5.69 Å². The van der Waals surface area contributed by atoms with E-state index in [9.17, 15) is 18.0 Å². The molecule has 31 heavy (non-hydrogen) atoms. The number of nitrogens with zero attached hydrogens (tertiary/aromatic N) is 5. The molecule has 3 heterocycles. The van der Waals surface area contributed by atoms with Crippen LogP contribution in [0.15, 0.2) is 30.6 Å². The van der Waals surface area contributed by atoms with Crippen LogP contribution in [0.5, 0.6) is 0 Å². The number of fused-ring (bicyclic) bond motifs is 1. The Morgan fingerprint density at radius 1 is 1.19 bits per heavy atom. The summed E-state index contributed by atoms with van der Waals surface area (Å²) in [6.45, 7) is 0. The highest BCUT2D eigenvalue weighted by Crippen LogP contribution is 2.36. The first kappa shape index (κ1) is 19.8. The number of alkyl halides is 3. The maximum Gasteiger partial charge on any atom is 0.435 e. The van der Waals surface area contributed by atoms with E-state index in [0.717, 1.165) is 46.2 Å². The van der Waals surface area contributed by atoms with Gasteiger partial charge in [0.1, 0.15) is 5.69 Å². The number of halogens is 3.